The minimum atomic E-state index is -0.208. The molecule has 0 atom stereocenters. The van der Waals surface area contributed by atoms with Crippen molar-refractivity contribution in [2.75, 3.05) is 37.7 Å². The van der Waals surface area contributed by atoms with Gasteiger partial charge >= 0.3 is 6.09 Å². The molecule has 0 spiro atoms. The first-order chi connectivity index (χ1) is 9.46. The van der Waals surface area contributed by atoms with E-state index in [0.29, 0.717) is 19.7 Å². The molecule has 1 aromatic heterocycles. The van der Waals surface area contributed by atoms with Gasteiger partial charge in [0.25, 0.3) is 0 Å². The zero-order valence-electron chi connectivity index (χ0n) is 12.5. The predicted octanol–water partition coefficient (Wildman–Crippen LogP) is 2.39. The van der Waals surface area contributed by atoms with Gasteiger partial charge in [0.2, 0.25) is 0 Å². The second kappa shape index (κ2) is 6.11. The van der Waals surface area contributed by atoms with Crippen molar-refractivity contribution >= 4 is 11.9 Å². The summed E-state index contributed by atoms with van der Waals surface area (Å²) < 4.78 is 5.34. The molecule has 5 nitrogen and oxygen atoms in total. The van der Waals surface area contributed by atoms with E-state index in [1.165, 1.54) is 0 Å². The number of piperazine rings is 1. The lowest BCUT2D eigenvalue weighted by Gasteiger charge is -2.35. The molecule has 20 heavy (non-hydrogen) atoms. The van der Waals surface area contributed by atoms with E-state index >= 15 is 0 Å². The summed E-state index contributed by atoms with van der Waals surface area (Å²) >= 11 is 0. The lowest BCUT2D eigenvalue weighted by Crippen LogP contribution is -2.49. The fourth-order valence-corrected chi connectivity index (χ4v) is 2.03. The van der Waals surface area contributed by atoms with E-state index in [4.69, 9.17) is 4.74 Å². The fraction of sp³-hybridized carbons (Fsp3) is 0.600. The Morgan fingerprint density at radius 2 is 1.95 bits per heavy atom. The van der Waals surface area contributed by atoms with Crippen LogP contribution in [0.15, 0.2) is 24.4 Å². The van der Waals surface area contributed by atoms with Crippen LogP contribution in [0.4, 0.5) is 10.6 Å². The minimum Gasteiger partial charge on any atom is -0.449 e. The summed E-state index contributed by atoms with van der Waals surface area (Å²) in [6.45, 7) is 9.56. The number of aromatic nitrogens is 1. The Balaban J connectivity index is 1.81. The summed E-state index contributed by atoms with van der Waals surface area (Å²) in [5.41, 5.74) is 0.00540. The first kappa shape index (κ1) is 14.6. The highest BCUT2D eigenvalue weighted by Gasteiger charge is 2.24. The second-order valence-electron chi connectivity index (χ2n) is 6.28. The third-order valence-corrected chi connectivity index (χ3v) is 3.14. The number of hydrogen-bond acceptors (Lipinski definition) is 4. The van der Waals surface area contributed by atoms with Crippen molar-refractivity contribution in [2.24, 2.45) is 5.41 Å². The Bertz CT molecular complexity index is 434. The lowest BCUT2D eigenvalue weighted by molar-refractivity contribution is 0.0707. The third-order valence-electron chi connectivity index (χ3n) is 3.14. The van der Waals surface area contributed by atoms with Gasteiger partial charge in [0, 0.05) is 32.4 Å². The minimum absolute atomic E-state index is 0.00540. The maximum absolute atomic E-state index is 12.0. The molecule has 0 saturated carbocycles. The highest BCUT2D eigenvalue weighted by atomic mass is 16.6. The molecule has 5 heteroatoms. The number of rotatable bonds is 2. The average molecular weight is 277 g/mol. The fourth-order valence-electron chi connectivity index (χ4n) is 2.03. The third kappa shape index (κ3) is 4.11. The van der Waals surface area contributed by atoms with E-state index in [9.17, 15) is 4.79 Å². The monoisotopic (exact) mass is 277 g/mol. The molecule has 0 aromatic carbocycles. The van der Waals surface area contributed by atoms with E-state index < -0.39 is 0 Å². The highest BCUT2D eigenvalue weighted by Crippen LogP contribution is 2.16. The number of pyridine rings is 1. The zero-order chi connectivity index (χ0) is 14.6. The molecule has 2 heterocycles. The molecular formula is C15H23N3O2. The van der Waals surface area contributed by atoms with Gasteiger partial charge in [-0.25, -0.2) is 9.78 Å². The van der Waals surface area contributed by atoms with E-state index in [2.05, 4.69) is 30.7 Å². The van der Waals surface area contributed by atoms with Crippen LogP contribution in [-0.4, -0.2) is 48.8 Å². The van der Waals surface area contributed by atoms with Gasteiger partial charge in [-0.15, -0.1) is 0 Å². The molecule has 1 aliphatic rings. The molecule has 0 radical (unpaired) electrons. The standard InChI is InChI=1S/C15H23N3O2/c1-15(2,3)12-20-14(19)18-10-8-17(9-11-18)13-6-4-5-7-16-13/h4-7H,8-12H2,1-3H3. The van der Waals surface area contributed by atoms with Gasteiger partial charge in [-0.3, -0.25) is 0 Å². The Hall–Kier alpha value is -1.78. The van der Waals surface area contributed by atoms with Gasteiger partial charge in [0.1, 0.15) is 5.82 Å². The van der Waals surface area contributed by atoms with Crippen LogP contribution in [-0.2, 0) is 4.74 Å². The Kier molecular flexibility index (Phi) is 4.47. The van der Waals surface area contributed by atoms with Crippen molar-refractivity contribution in [3.05, 3.63) is 24.4 Å². The lowest BCUT2D eigenvalue weighted by atomic mass is 9.99. The molecule has 1 fully saturated rings. The first-order valence-corrected chi connectivity index (χ1v) is 7.03. The molecule has 1 saturated heterocycles. The van der Waals surface area contributed by atoms with E-state index in [1.807, 2.05) is 18.2 Å². The molecule has 1 aromatic rings. The van der Waals surface area contributed by atoms with Gasteiger partial charge in [-0.2, -0.15) is 0 Å². The maximum Gasteiger partial charge on any atom is 0.409 e. The molecule has 1 aliphatic heterocycles. The summed E-state index contributed by atoms with van der Waals surface area (Å²) in [5, 5.41) is 0. The van der Waals surface area contributed by atoms with Crippen LogP contribution in [0.5, 0.6) is 0 Å². The van der Waals surface area contributed by atoms with Crippen LogP contribution in [0.25, 0.3) is 0 Å². The molecule has 1 amide bonds. The van der Waals surface area contributed by atoms with Crippen molar-refractivity contribution in [3.63, 3.8) is 0 Å². The van der Waals surface area contributed by atoms with Crippen LogP contribution in [0, 0.1) is 5.41 Å². The van der Waals surface area contributed by atoms with Crippen molar-refractivity contribution in [2.45, 2.75) is 20.8 Å². The van der Waals surface area contributed by atoms with Gasteiger partial charge in [0.15, 0.2) is 0 Å². The number of carbonyl (C=O) groups is 1. The molecule has 110 valence electrons. The zero-order valence-corrected chi connectivity index (χ0v) is 12.5. The van der Waals surface area contributed by atoms with Crippen LogP contribution in [0.3, 0.4) is 0 Å². The van der Waals surface area contributed by atoms with Gasteiger partial charge in [-0.1, -0.05) is 26.8 Å². The summed E-state index contributed by atoms with van der Waals surface area (Å²) in [5.74, 6) is 0.968. The van der Waals surface area contributed by atoms with E-state index in [0.717, 1.165) is 18.9 Å². The smallest absolute Gasteiger partial charge is 0.409 e. The van der Waals surface area contributed by atoms with Gasteiger partial charge < -0.3 is 14.5 Å². The predicted molar refractivity (Wildman–Crippen MR) is 78.8 cm³/mol. The van der Waals surface area contributed by atoms with Gasteiger partial charge in [-0.05, 0) is 17.5 Å². The summed E-state index contributed by atoms with van der Waals surface area (Å²) in [4.78, 5) is 20.2. The number of nitrogens with zero attached hydrogens (tertiary/aromatic N) is 3. The van der Waals surface area contributed by atoms with Crippen molar-refractivity contribution < 1.29 is 9.53 Å². The summed E-state index contributed by atoms with van der Waals surface area (Å²) in [6, 6.07) is 5.88. The van der Waals surface area contributed by atoms with Crippen molar-refractivity contribution in [1.29, 1.82) is 0 Å². The number of anilines is 1. The van der Waals surface area contributed by atoms with Crippen LogP contribution >= 0.6 is 0 Å². The summed E-state index contributed by atoms with van der Waals surface area (Å²) in [6.07, 6.45) is 1.58. The van der Waals surface area contributed by atoms with Crippen LogP contribution < -0.4 is 4.90 Å². The Morgan fingerprint density at radius 1 is 1.25 bits per heavy atom. The van der Waals surface area contributed by atoms with E-state index in [-0.39, 0.29) is 11.5 Å². The van der Waals surface area contributed by atoms with Crippen molar-refractivity contribution in [1.82, 2.24) is 9.88 Å². The summed E-state index contributed by atoms with van der Waals surface area (Å²) in [7, 11) is 0. The first-order valence-electron chi connectivity index (χ1n) is 7.03. The van der Waals surface area contributed by atoms with Crippen LogP contribution in [0.1, 0.15) is 20.8 Å². The molecule has 0 unspecified atom stereocenters. The largest absolute Gasteiger partial charge is 0.449 e. The van der Waals surface area contributed by atoms with Crippen molar-refractivity contribution in [3.8, 4) is 0 Å². The molecule has 0 N–H and O–H groups in total. The highest BCUT2D eigenvalue weighted by molar-refractivity contribution is 5.68. The number of carbonyl (C=O) groups excluding carboxylic acids is 1. The number of ether oxygens (including phenoxy) is 1. The van der Waals surface area contributed by atoms with E-state index in [1.54, 1.807) is 11.1 Å². The molecule has 2 rings (SSSR count). The number of amides is 1. The maximum atomic E-state index is 12.0. The number of hydrogen-bond donors (Lipinski definition) is 0. The second-order valence-corrected chi connectivity index (χ2v) is 6.28. The normalized spacial score (nSPS) is 16.1. The van der Waals surface area contributed by atoms with Crippen LogP contribution in [0.2, 0.25) is 0 Å². The van der Waals surface area contributed by atoms with Gasteiger partial charge in [0.05, 0.1) is 6.61 Å². The Labute approximate surface area is 120 Å². The topological polar surface area (TPSA) is 45.7 Å². The quantitative estimate of drug-likeness (QED) is 0.832. The average Bonchev–Trinajstić information content (AvgIpc) is 2.45. The Morgan fingerprint density at radius 3 is 2.50 bits per heavy atom. The molecule has 0 bridgehead atoms. The SMILES string of the molecule is CC(C)(C)COC(=O)N1CCN(c2ccccn2)CC1. The molecular weight excluding hydrogens is 254 g/mol. The molecule has 0 aliphatic carbocycles.